The van der Waals surface area contributed by atoms with Crippen molar-refractivity contribution >= 4 is 33.2 Å². The predicted molar refractivity (Wildman–Crippen MR) is 102 cm³/mol. The van der Waals surface area contributed by atoms with Crippen molar-refractivity contribution in [2.24, 2.45) is 0 Å². The molecule has 0 saturated heterocycles. The fraction of sp³-hybridized carbons (Fsp3) is 0.278. The van der Waals surface area contributed by atoms with Gasteiger partial charge in [0.1, 0.15) is 5.75 Å². The zero-order valence-electron chi connectivity index (χ0n) is 15.0. The summed E-state index contributed by atoms with van der Waals surface area (Å²) in [6, 6.07) is 10.8. The summed E-state index contributed by atoms with van der Waals surface area (Å²) >= 11 is 6.12. The SMILES string of the molecule is COc1ccccc1NC(=O)c1cc(S(=O)(=O)N(C)C(C)C)ccc1Cl. The molecular formula is C18H21ClN2O4S. The Morgan fingerprint density at radius 2 is 1.85 bits per heavy atom. The third kappa shape index (κ3) is 4.17. The standard InChI is InChI=1S/C18H21ClN2O4S/c1-12(2)21(3)26(23,24)13-9-10-15(19)14(11-13)18(22)20-16-7-5-6-8-17(16)25-4/h5-12H,1-4H3,(H,20,22). The quantitative estimate of drug-likeness (QED) is 0.808. The first-order valence-corrected chi connectivity index (χ1v) is 9.72. The zero-order chi connectivity index (χ0) is 19.5. The number of sulfonamides is 1. The van der Waals surface area contributed by atoms with Gasteiger partial charge in [-0.05, 0) is 44.2 Å². The topological polar surface area (TPSA) is 75.7 Å². The predicted octanol–water partition coefficient (Wildman–Crippen LogP) is 3.63. The molecule has 1 N–H and O–H groups in total. The lowest BCUT2D eigenvalue weighted by Gasteiger charge is -2.21. The van der Waals surface area contributed by atoms with Crippen LogP contribution in [-0.4, -0.2) is 38.8 Å². The number of benzene rings is 2. The van der Waals surface area contributed by atoms with Crippen LogP contribution < -0.4 is 10.1 Å². The number of ether oxygens (including phenoxy) is 1. The molecule has 0 atom stereocenters. The van der Waals surface area contributed by atoms with Gasteiger partial charge >= 0.3 is 0 Å². The van der Waals surface area contributed by atoms with Gasteiger partial charge in [0.2, 0.25) is 10.0 Å². The van der Waals surface area contributed by atoms with E-state index in [9.17, 15) is 13.2 Å². The van der Waals surface area contributed by atoms with Crippen molar-refractivity contribution in [2.45, 2.75) is 24.8 Å². The van der Waals surface area contributed by atoms with E-state index in [2.05, 4.69) is 5.32 Å². The molecule has 2 aromatic rings. The first kappa shape index (κ1) is 20.2. The minimum atomic E-state index is -3.73. The van der Waals surface area contributed by atoms with Crippen molar-refractivity contribution < 1.29 is 17.9 Å². The van der Waals surface area contributed by atoms with Gasteiger partial charge in [-0.15, -0.1) is 0 Å². The second kappa shape index (κ2) is 8.07. The number of methoxy groups -OCH3 is 1. The van der Waals surface area contributed by atoms with Gasteiger partial charge in [-0.2, -0.15) is 4.31 Å². The summed E-state index contributed by atoms with van der Waals surface area (Å²) in [6.45, 7) is 3.53. The molecule has 0 spiro atoms. The Labute approximate surface area is 158 Å². The number of nitrogens with zero attached hydrogens (tertiary/aromatic N) is 1. The third-order valence-electron chi connectivity index (χ3n) is 3.94. The molecule has 1 amide bonds. The lowest BCUT2D eigenvalue weighted by Crippen LogP contribution is -2.33. The van der Waals surface area contributed by atoms with Crippen molar-refractivity contribution in [1.29, 1.82) is 0 Å². The number of para-hydroxylation sites is 2. The van der Waals surface area contributed by atoms with E-state index < -0.39 is 15.9 Å². The minimum Gasteiger partial charge on any atom is -0.495 e. The Morgan fingerprint density at radius 3 is 2.46 bits per heavy atom. The van der Waals surface area contributed by atoms with E-state index in [1.165, 1.54) is 36.7 Å². The molecule has 0 bridgehead atoms. The Morgan fingerprint density at radius 1 is 1.19 bits per heavy atom. The molecular weight excluding hydrogens is 376 g/mol. The number of carbonyl (C=O) groups excluding carboxylic acids is 1. The average molecular weight is 397 g/mol. The second-order valence-corrected chi connectivity index (χ2v) is 8.32. The summed E-state index contributed by atoms with van der Waals surface area (Å²) in [5.41, 5.74) is 0.527. The van der Waals surface area contributed by atoms with Crippen LogP contribution in [0.5, 0.6) is 5.75 Å². The number of amides is 1. The van der Waals surface area contributed by atoms with Crippen LogP contribution in [0.15, 0.2) is 47.4 Å². The molecule has 26 heavy (non-hydrogen) atoms. The molecule has 0 aliphatic heterocycles. The molecule has 0 aliphatic carbocycles. The molecule has 2 aromatic carbocycles. The van der Waals surface area contributed by atoms with E-state index in [0.29, 0.717) is 11.4 Å². The maximum atomic E-state index is 12.6. The van der Waals surface area contributed by atoms with Gasteiger partial charge in [-0.3, -0.25) is 4.79 Å². The molecule has 140 valence electrons. The van der Waals surface area contributed by atoms with Gasteiger partial charge in [-0.1, -0.05) is 23.7 Å². The van der Waals surface area contributed by atoms with Crippen LogP contribution in [-0.2, 0) is 10.0 Å². The average Bonchev–Trinajstić information content (AvgIpc) is 2.61. The minimum absolute atomic E-state index is 0.00303. The fourth-order valence-corrected chi connectivity index (χ4v) is 3.82. The van der Waals surface area contributed by atoms with Gasteiger partial charge in [-0.25, -0.2) is 8.42 Å². The summed E-state index contributed by atoms with van der Waals surface area (Å²) in [4.78, 5) is 12.6. The highest BCUT2D eigenvalue weighted by atomic mass is 35.5. The molecule has 0 radical (unpaired) electrons. The highest BCUT2D eigenvalue weighted by molar-refractivity contribution is 7.89. The monoisotopic (exact) mass is 396 g/mol. The van der Waals surface area contributed by atoms with Crippen LogP contribution in [0.2, 0.25) is 5.02 Å². The zero-order valence-corrected chi connectivity index (χ0v) is 16.6. The maximum absolute atomic E-state index is 12.6. The molecule has 0 fully saturated rings. The molecule has 0 aliphatic rings. The normalized spacial score (nSPS) is 11.7. The lowest BCUT2D eigenvalue weighted by molar-refractivity contribution is 0.102. The van der Waals surface area contributed by atoms with E-state index in [-0.39, 0.29) is 21.5 Å². The van der Waals surface area contributed by atoms with Crippen molar-refractivity contribution in [2.75, 3.05) is 19.5 Å². The number of anilines is 1. The first-order valence-electron chi connectivity index (χ1n) is 7.90. The van der Waals surface area contributed by atoms with E-state index >= 15 is 0 Å². The summed E-state index contributed by atoms with van der Waals surface area (Å²) < 4.78 is 31.7. The number of carbonyl (C=O) groups is 1. The summed E-state index contributed by atoms with van der Waals surface area (Å²) in [5.74, 6) is -0.0379. The molecule has 8 heteroatoms. The van der Waals surface area contributed by atoms with E-state index in [4.69, 9.17) is 16.3 Å². The van der Waals surface area contributed by atoms with Crippen LogP contribution in [0.4, 0.5) is 5.69 Å². The van der Waals surface area contributed by atoms with E-state index in [1.54, 1.807) is 38.1 Å². The largest absolute Gasteiger partial charge is 0.495 e. The molecule has 0 unspecified atom stereocenters. The van der Waals surface area contributed by atoms with Crippen LogP contribution in [0.1, 0.15) is 24.2 Å². The van der Waals surface area contributed by atoms with Gasteiger partial charge in [0.15, 0.2) is 0 Å². The Bertz CT molecular complexity index is 913. The number of halogens is 1. The van der Waals surface area contributed by atoms with Gasteiger partial charge in [0.05, 0.1) is 28.3 Å². The van der Waals surface area contributed by atoms with Crippen LogP contribution in [0.3, 0.4) is 0 Å². The Kier molecular flexibility index (Phi) is 6.28. The number of rotatable bonds is 6. The first-order chi connectivity index (χ1) is 12.2. The van der Waals surface area contributed by atoms with Gasteiger partial charge < -0.3 is 10.1 Å². The van der Waals surface area contributed by atoms with Crippen molar-refractivity contribution in [3.05, 3.63) is 53.1 Å². The van der Waals surface area contributed by atoms with Gasteiger partial charge in [0.25, 0.3) is 5.91 Å². The highest BCUT2D eigenvalue weighted by Gasteiger charge is 2.25. The van der Waals surface area contributed by atoms with E-state index in [1.807, 2.05) is 0 Å². The van der Waals surface area contributed by atoms with Crippen molar-refractivity contribution in [3.63, 3.8) is 0 Å². The second-order valence-electron chi connectivity index (χ2n) is 5.91. The summed E-state index contributed by atoms with van der Waals surface area (Å²) in [7, 11) is -0.744. The number of hydrogen-bond donors (Lipinski definition) is 1. The van der Waals surface area contributed by atoms with Crippen LogP contribution in [0.25, 0.3) is 0 Å². The number of nitrogens with one attached hydrogen (secondary N) is 1. The molecule has 0 aromatic heterocycles. The maximum Gasteiger partial charge on any atom is 0.257 e. The van der Waals surface area contributed by atoms with E-state index in [0.717, 1.165) is 0 Å². The molecule has 2 rings (SSSR count). The highest BCUT2D eigenvalue weighted by Crippen LogP contribution is 2.27. The summed E-state index contributed by atoms with van der Waals surface area (Å²) in [6.07, 6.45) is 0. The molecule has 0 saturated carbocycles. The molecule has 0 heterocycles. The smallest absolute Gasteiger partial charge is 0.257 e. The summed E-state index contributed by atoms with van der Waals surface area (Å²) in [5, 5.41) is 2.85. The van der Waals surface area contributed by atoms with Crippen molar-refractivity contribution in [3.8, 4) is 5.75 Å². The van der Waals surface area contributed by atoms with Crippen LogP contribution in [0, 0.1) is 0 Å². The third-order valence-corrected chi connectivity index (χ3v) is 6.30. The molecule has 6 nitrogen and oxygen atoms in total. The van der Waals surface area contributed by atoms with Gasteiger partial charge in [0, 0.05) is 13.1 Å². The Hall–Kier alpha value is -2.09. The Balaban J connectivity index is 2.40. The lowest BCUT2D eigenvalue weighted by atomic mass is 10.2. The van der Waals surface area contributed by atoms with Crippen molar-refractivity contribution in [1.82, 2.24) is 4.31 Å². The fourth-order valence-electron chi connectivity index (χ4n) is 2.22. The van der Waals surface area contributed by atoms with Crippen LogP contribution >= 0.6 is 11.6 Å². The number of hydrogen-bond acceptors (Lipinski definition) is 4.